The highest BCUT2D eigenvalue weighted by atomic mass is 32.1. The van der Waals surface area contributed by atoms with Gasteiger partial charge in [-0.3, -0.25) is 9.59 Å². The molecule has 46 heavy (non-hydrogen) atoms. The van der Waals surface area contributed by atoms with Crippen LogP contribution in [0.15, 0.2) is 71.3 Å². The van der Waals surface area contributed by atoms with Crippen LogP contribution in [-0.4, -0.2) is 54.4 Å². The van der Waals surface area contributed by atoms with Crippen molar-refractivity contribution in [2.75, 3.05) is 19.3 Å². The first-order valence-corrected chi connectivity index (χ1v) is 18.5. The molecular weight excluding hydrogens is 585 g/mol. The Balaban J connectivity index is 0.00000109. The molecule has 2 atom stereocenters. The van der Waals surface area contributed by atoms with Gasteiger partial charge in [-0.15, -0.1) is 5.98 Å². The molecule has 4 aliphatic rings. The Kier molecular flexibility index (Phi) is 14.9. The molecule has 2 heterocycles. The van der Waals surface area contributed by atoms with Crippen molar-refractivity contribution in [3.05, 3.63) is 88.0 Å². The van der Waals surface area contributed by atoms with Gasteiger partial charge in [0.25, 0.3) is 5.91 Å². The average molecular weight is 643 g/mol. The molecule has 1 saturated carbocycles. The molecule has 6 heteroatoms. The number of likely N-dealkylation sites (tertiary alicyclic amines) is 1. The van der Waals surface area contributed by atoms with Crippen LogP contribution < -0.4 is 0 Å². The number of benzene rings is 1. The molecule has 1 N–H and O–H groups in total. The van der Waals surface area contributed by atoms with Crippen LogP contribution in [0.3, 0.4) is 0 Å². The molecule has 4 nitrogen and oxygen atoms in total. The van der Waals surface area contributed by atoms with Crippen molar-refractivity contribution in [3.63, 3.8) is 0 Å². The molecule has 2 unspecified atom stereocenters. The summed E-state index contributed by atoms with van der Waals surface area (Å²) in [6.07, 6.45) is 21.9. The molecule has 0 aromatic heterocycles. The third-order valence-electron chi connectivity index (χ3n) is 9.74. The van der Waals surface area contributed by atoms with Crippen molar-refractivity contribution in [2.24, 2.45) is 17.3 Å². The number of Topliss-reactive ketones (excluding diaryl/α,β-unsaturated/α-hetero) is 1. The van der Waals surface area contributed by atoms with Crippen molar-refractivity contribution in [1.29, 1.82) is 0 Å². The van der Waals surface area contributed by atoms with Crippen LogP contribution >= 0.6 is 12.6 Å². The molecule has 249 valence electrons. The van der Waals surface area contributed by atoms with Crippen LogP contribution in [0.2, 0.25) is 0 Å². The maximum Gasteiger partial charge on any atom is 0.253 e. The summed E-state index contributed by atoms with van der Waals surface area (Å²) in [5, 5.41) is 9.79. The van der Waals surface area contributed by atoms with E-state index < -0.39 is 0 Å². The zero-order chi connectivity index (χ0) is 33.9. The second-order valence-corrected chi connectivity index (χ2v) is 13.3. The minimum atomic E-state index is -0.289. The van der Waals surface area contributed by atoms with Crippen molar-refractivity contribution in [1.82, 2.24) is 4.90 Å². The van der Waals surface area contributed by atoms with Crippen LogP contribution in [-0.2, 0) is 4.79 Å². The summed E-state index contributed by atoms with van der Waals surface area (Å²) >= 11 is 3.53. The first-order chi connectivity index (χ1) is 22.1. The number of amides is 1. The molecule has 0 spiro atoms. The molecule has 1 amide bonds. The number of hydrogen-bond acceptors (Lipinski definition) is 4. The van der Waals surface area contributed by atoms with E-state index in [0.717, 1.165) is 30.4 Å². The maximum absolute atomic E-state index is 13.1. The first-order valence-electron chi connectivity index (χ1n) is 17.6. The predicted molar refractivity (Wildman–Crippen MR) is 199 cm³/mol. The van der Waals surface area contributed by atoms with Crippen LogP contribution in [0.25, 0.3) is 5.47 Å². The molecule has 5 rings (SSSR count). The summed E-state index contributed by atoms with van der Waals surface area (Å²) in [4.78, 5) is 27.1. The molecule has 2 fully saturated rings. The molecule has 1 radical (unpaired) electrons. The van der Waals surface area contributed by atoms with Crippen molar-refractivity contribution in [3.8, 4) is 0 Å². The monoisotopic (exact) mass is 642 g/mol. The van der Waals surface area contributed by atoms with Gasteiger partial charge < -0.3 is 10.0 Å². The summed E-state index contributed by atoms with van der Waals surface area (Å²) in [5.74, 6) is 3.21. The van der Waals surface area contributed by atoms with Gasteiger partial charge in [0.15, 0.2) is 7.28 Å². The van der Waals surface area contributed by atoms with E-state index in [1.807, 2.05) is 24.0 Å². The lowest BCUT2D eigenvalue weighted by atomic mass is 9.69. The SMILES string of the molecule is CCC.CCC(=O)C(C)CCC1(C2=CC(CC)C=CC(C3=C[B]C(c4ccc(C(=O)N5CCC(O)CC5)cc4C)=C3)=C2)CC1.CS. The Morgan fingerprint density at radius 2 is 1.74 bits per heavy atom. The molecule has 2 aliphatic carbocycles. The smallest absolute Gasteiger partial charge is 0.253 e. The Bertz CT molecular complexity index is 1360. The Hall–Kier alpha value is -2.57. The van der Waals surface area contributed by atoms with E-state index in [-0.39, 0.29) is 23.3 Å². The summed E-state index contributed by atoms with van der Waals surface area (Å²) in [7, 11) is 2.19. The lowest BCUT2D eigenvalue weighted by Crippen LogP contribution is -2.40. The number of carbonyl (C=O) groups excluding carboxylic acids is 2. The van der Waals surface area contributed by atoms with Gasteiger partial charge in [0.1, 0.15) is 5.78 Å². The van der Waals surface area contributed by atoms with E-state index in [4.69, 9.17) is 0 Å². The maximum atomic E-state index is 13.1. The minimum absolute atomic E-state index is 0.0516. The lowest BCUT2D eigenvalue weighted by Gasteiger charge is -2.29. The Labute approximate surface area is 285 Å². The predicted octanol–water partition coefficient (Wildman–Crippen LogP) is 9.12. The normalized spacial score (nSPS) is 20.7. The molecule has 1 aromatic carbocycles. The number of rotatable bonds is 10. The largest absolute Gasteiger partial charge is 0.393 e. The number of allylic oxidation sites excluding steroid dienone is 8. The number of hydrogen-bond donors (Lipinski definition) is 2. The number of aliphatic hydroxyl groups excluding tert-OH is 1. The quantitative estimate of drug-likeness (QED) is 0.198. The lowest BCUT2D eigenvalue weighted by molar-refractivity contribution is -0.122. The summed E-state index contributed by atoms with van der Waals surface area (Å²) in [6, 6.07) is 6.03. The fraction of sp³-hybridized carbons (Fsp3) is 0.550. The van der Waals surface area contributed by atoms with Crippen molar-refractivity contribution in [2.45, 2.75) is 105 Å². The van der Waals surface area contributed by atoms with Crippen molar-refractivity contribution >= 4 is 37.1 Å². The number of piperidine rings is 1. The second-order valence-electron chi connectivity index (χ2n) is 13.3. The Morgan fingerprint density at radius 1 is 1.07 bits per heavy atom. The van der Waals surface area contributed by atoms with E-state index in [2.05, 4.69) is 96.9 Å². The van der Waals surface area contributed by atoms with E-state index in [1.165, 1.54) is 41.5 Å². The zero-order valence-electron chi connectivity index (χ0n) is 29.4. The van der Waals surface area contributed by atoms with Gasteiger partial charge in [-0.2, -0.15) is 12.6 Å². The highest BCUT2D eigenvalue weighted by Gasteiger charge is 2.45. The number of aliphatic hydroxyl groups is 1. The summed E-state index contributed by atoms with van der Waals surface area (Å²) in [6.45, 7) is 13.9. The average Bonchev–Trinajstić information content (AvgIpc) is 3.77. The van der Waals surface area contributed by atoms with Gasteiger partial charge in [0.05, 0.1) is 6.10 Å². The van der Waals surface area contributed by atoms with Gasteiger partial charge >= 0.3 is 0 Å². The third kappa shape index (κ3) is 9.73. The summed E-state index contributed by atoms with van der Waals surface area (Å²) in [5.41, 5.74) is 8.26. The van der Waals surface area contributed by atoms with E-state index in [1.54, 1.807) is 6.26 Å². The van der Waals surface area contributed by atoms with Gasteiger partial charge in [-0.25, -0.2) is 0 Å². The summed E-state index contributed by atoms with van der Waals surface area (Å²) < 4.78 is 0. The van der Waals surface area contributed by atoms with E-state index in [9.17, 15) is 14.7 Å². The Morgan fingerprint density at radius 3 is 2.33 bits per heavy atom. The highest BCUT2D eigenvalue weighted by Crippen LogP contribution is 2.57. The zero-order valence-corrected chi connectivity index (χ0v) is 30.3. The molecule has 0 bridgehead atoms. The molecule has 1 saturated heterocycles. The minimum Gasteiger partial charge on any atom is -0.393 e. The van der Waals surface area contributed by atoms with Crippen LogP contribution in [0, 0.1) is 24.2 Å². The van der Waals surface area contributed by atoms with E-state index in [0.29, 0.717) is 49.6 Å². The highest BCUT2D eigenvalue weighted by molar-refractivity contribution is 7.79. The fourth-order valence-electron chi connectivity index (χ4n) is 6.54. The first kappa shape index (κ1) is 37.9. The molecule has 1 aromatic rings. The van der Waals surface area contributed by atoms with Crippen LogP contribution in [0.1, 0.15) is 114 Å². The topological polar surface area (TPSA) is 57.6 Å². The number of nitrogens with zero attached hydrogens (tertiary/aromatic N) is 1. The number of aryl methyl sites for hydroxylation is 1. The van der Waals surface area contributed by atoms with Crippen LogP contribution in [0.5, 0.6) is 0 Å². The standard InChI is InChI=1S/C36H45BNO3.C3H8.CH4S/c1-5-26-7-8-27(21-30(20-26)36(15-16-36)14-11-24(3)34(40)6-2)29-22-33(37-23-29)32-10-9-28(19-25(32)4)35(41)38-17-12-31(39)13-18-38;1-3-2;1-2/h7-10,19-24,26,31,39H,5-6,11-18H2,1-4H3;3H2,1-2H3;2H,1H3. The fourth-order valence-corrected chi connectivity index (χ4v) is 6.54. The van der Waals surface area contributed by atoms with Gasteiger partial charge in [0, 0.05) is 31.0 Å². The molecular formula is C40H57BNO3S. The third-order valence-corrected chi connectivity index (χ3v) is 9.74. The van der Waals surface area contributed by atoms with Gasteiger partial charge in [-0.1, -0.05) is 83.0 Å². The number of ketones is 1. The van der Waals surface area contributed by atoms with Gasteiger partial charge in [-0.05, 0) is 109 Å². The van der Waals surface area contributed by atoms with E-state index >= 15 is 0 Å². The number of carbonyl (C=O) groups is 2. The second kappa shape index (κ2) is 18.1. The number of thiol groups is 1. The molecule has 2 aliphatic heterocycles. The van der Waals surface area contributed by atoms with Crippen LogP contribution in [0.4, 0.5) is 0 Å². The van der Waals surface area contributed by atoms with Crippen molar-refractivity contribution < 1.29 is 14.7 Å². The van der Waals surface area contributed by atoms with Gasteiger partial charge in [0.2, 0.25) is 0 Å².